The molecule has 0 amide bonds. The maximum absolute atomic E-state index is 10.6. The molecule has 82 valence electrons. The molecule has 1 aromatic carbocycles. The molecule has 0 atom stereocenters. The number of hydrogen-bond donors (Lipinski definition) is 3. The van der Waals surface area contributed by atoms with E-state index in [-0.39, 0.29) is 17.0 Å². The zero-order valence-corrected chi connectivity index (χ0v) is 8.35. The number of aromatic hydroxyl groups is 1. The number of para-hydroxylation sites is 1. The van der Waals surface area contributed by atoms with Crippen molar-refractivity contribution in [3.63, 3.8) is 0 Å². The van der Waals surface area contributed by atoms with E-state index in [0.29, 0.717) is 0 Å². The Balaban J connectivity index is 3.11. The standard InChI is InChI=1S/C8H9NO5S/c10-8-4-2-1-3-6(8)7(9-11)5-15(12,13)14/h1-4,10-11H,5H2,(H,12,13,14)/b9-7+. The monoisotopic (exact) mass is 231 g/mol. The molecule has 15 heavy (non-hydrogen) atoms. The molecule has 0 radical (unpaired) electrons. The number of phenols is 1. The second-order valence-electron chi connectivity index (χ2n) is 2.79. The van der Waals surface area contributed by atoms with Crippen molar-refractivity contribution in [2.75, 3.05) is 5.75 Å². The van der Waals surface area contributed by atoms with Crippen LogP contribution < -0.4 is 0 Å². The van der Waals surface area contributed by atoms with E-state index in [9.17, 15) is 13.5 Å². The van der Waals surface area contributed by atoms with Gasteiger partial charge in [-0.1, -0.05) is 17.3 Å². The van der Waals surface area contributed by atoms with Gasteiger partial charge in [-0.25, -0.2) is 0 Å². The second-order valence-corrected chi connectivity index (χ2v) is 4.24. The molecule has 0 bridgehead atoms. The van der Waals surface area contributed by atoms with Crippen LogP contribution >= 0.6 is 0 Å². The van der Waals surface area contributed by atoms with Crippen molar-refractivity contribution in [1.82, 2.24) is 0 Å². The summed E-state index contributed by atoms with van der Waals surface area (Å²) in [5.74, 6) is -1.09. The van der Waals surface area contributed by atoms with Crippen LogP contribution in [-0.4, -0.2) is 34.7 Å². The van der Waals surface area contributed by atoms with Gasteiger partial charge in [0, 0.05) is 5.56 Å². The van der Waals surface area contributed by atoms with Crippen molar-refractivity contribution < 1.29 is 23.3 Å². The maximum atomic E-state index is 10.6. The highest BCUT2D eigenvalue weighted by Gasteiger charge is 2.16. The molecule has 7 heteroatoms. The smallest absolute Gasteiger partial charge is 0.270 e. The minimum absolute atomic E-state index is 0.0534. The number of rotatable bonds is 3. The summed E-state index contributed by atoms with van der Waals surface area (Å²) in [6.45, 7) is 0. The van der Waals surface area contributed by atoms with Crippen molar-refractivity contribution in [3.8, 4) is 5.75 Å². The van der Waals surface area contributed by atoms with Crippen LogP contribution in [0.1, 0.15) is 5.56 Å². The van der Waals surface area contributed by atoms with Gasteiger partial charge in [-0.15, -0.1) is 0 Å². The fraction of sp³-hybridized carbons (Fsp3) is 0.125. The molecule has 0 heterocycles. The van der Waals surface area contributed by atoms with Crippen LogP contribution in [0.25, 0.3) is 0 Å². The first-order valence-electron chi connectivity index (χ1n) is 3.88. The van der Waals surface area contributed by atoms with E-state index in [0.717, 1.165) is 0 Å². The van der Waals surface area contributed by atoms with Crippen molar-refractivity contribution in [2.45, 2.75) is 0 Å². The van der Waals surface area contributed by atoms with Crippen LogP contribution in [-0.2, 0) is 10.1 Å². The van der Waals surface area contributed by atoms with Crippen LogP contribution in [0.15, 0.2) is 29.4 Å². The number of phenolic OH excluding ortho intramolecular Hbond substituents is 1. The Morgan fingerprint density at radius 1 is 1.33 bits per heavy atom. The third kappa shape index (κ3) is 3.22. The highest BCUT2D eigenvalue weighted by molar-refractivity contribution is 7.86. The third-order valence-electron chi connectivity index (χ3n) is 1.65. The highest BCUT2D eigenvalue weighted by atomic mass is 32.2. The molecule has 1 aromatic rings. The first kappa shape index (κ1) is 11.5. The zero-order valence-electron chi connectivity index (χ0n) is 7.53. The van der Waals surface area contributed by atoms with Crippen molar-refractivity contribution in [3.05, 3.63) is 29.8 Å². The Labute approximate surface area is 86.2 Å². The molecule has 1 rings (SSSR count). The summed E-state index contributed by atoms with van der Waals surface area (Å²) < 4.78 is 29.7. The van der Waals surface area contributed by atoms with Gasteiger partial charge in [0.15, 0.2) is 0 Å². The van der Waals surface area contributed by atoms with E-state index in [1.165, 1.54) is 24.3 Å². The maximum Gasteiger partial charge on any atom is 0.270 e. The van der Waals surface area contributed by atoms with Crippen molar-refractivity contribution in [2.24, 2.45) is 5.16 Å². The summed E-state index contributed by atoms with van der Waals surface area (Å²) in [6, 6.07) is 5.74. The average Bonchev–Trinajstić information content (AvgIpc) is 2.14. The van der Waals surface area contributed by atoms with Crippen LogP contribution in [0.3, 0.4) is 0 Å². The molecule has 0 aromatic heterocycles. The minimum atomic E-state index is -4.30. The molecule has 6 nitrogen and oxygen atoms in total. The number of hydrogen-bond acceptors (Lipinski definition) is 5. The summed E-state index contributed by atoms with van der Waals surface area (Å²) in [5, 5.41) is 20.6. The second kappa shape index (κ2) is 4.28. The number of oxime groups is 1. The first-order valence-corrected chi connectivity index (χ1v) is 5.49. The van der Waals surface area contributed by atoms with Crippen LogP contribution in [0.5, 0.6) is 5.75 Å². The largest absolute Gasteiger partial charge is 0.507 e. The summed E-state index contributed by atoms with van der Waals surface area (Å²) in [7, 11) is -4.30. The Morgan fingerprint density at radius 2 is 1.93 bits per heavy atom. The van der Waals surface area contributed by atoms with Gasteiger partial charge in [-0.05, 0) is 12.1 Å². The first-order chi connectivity index (χ1) is 6.94. The van der Waals surface area contributed by atoms with Gasteiger partial charge >= 0.3 is 0 Å². The molecular formula is C8H9NO5S. The predicted molar refractivity (Wildman–Crippen MR) is 52.8 cm³/mol. The Bertz CT molecular complexity index is 480. The van der Waals surface area contributed by atoms with E-state index in [1.807, 2.05) is 0 Å². The average molecular weight is 231 g/mol. The summed E-state index contributed by atoms with van der Waals surface area (Å²) in [4.78, 5) is 0. The molecule has 0 aliphatic carbocycles. The van der Waals surface area contributed by atoms with Crippen molar-refractivity contribution >= 4 is 15.8 Å². The number of benzene rings is 1. The molecule has 0 aliphatic heterocycles. The van der Waals surface area contributed by atoms with Crippen LogP contribution in [0.2, 0.25) is 0 Å². The van der Waals surface area contributed by atoms with E-state index < -0.39 is 15.9 Å². The zero-order chi connectivity index (χ0) is 11.5. The topological polar surface area (TPSA) is 107 Å². The molecule has 0 spiro atoms. The van der Waals surface area contributed by atoms with Crippen molar-refractivity contribution in [1.29, 1.82) is 0 Å². The van der Waals surface area contributed by atoms with E-state index in [4.69, 9.17) is 9.76 Å². The fourth-order valence-electron chi connectivity index (χ4n) is 1.05. The molecule has 0 saturated heterocycles. The molecule has 0 fully saturated rings. The molecule has 0 unspecified atom stereocenters. The van der Waals surface area contributed by atoms with Gasteiger partial charge < -0.3 is 10.3 Å². The highest BCUT2D eigenvalue weighted by Crippen LogP contribution is 2.17. The fourth-order valence-corrected chi connectivity index (χ4v) is 1.61. The SMILES string of the molecule is O=S(=O)(O)C/C(=N\O)c1ccccc1O. The Hall–Kier alpha value is -1.60. The van der Waals surface area contributed by atoms with E-state index >= 15 is 0 Å². The van der Waals surface area contributed by atoms with Crippen LogP contribution in [0, 0.1) is 0 Å². The van der Waals surface area contributed by atoms with Gasteiger partial charge in [0.2, 0.25) is 0 Å². The normalized spacial score (nSPS) is 12.7. The summed E-state index contributed by atoms with van der Waals surface area (Å²) in [6.07, 6.45) is 0. The molecule has 3 N–H and O–H groups in total. The lowest BCUT2D eigenvalue weighted by Gasteiger charge is -2.04. The molecule has 0 saturated carbocycles. The van der Waals surface area contributed by atoms with Gasteiger partial charge in [0.05, 0.1) is 0 Å². The van der Waals surface area contributed by atoms with Crippen LogP contribution in [0.4, 0.5) is 0 Å². The lowest BCUT2D eigenvalue weighted by Crippen LogP contribution is -2.16. The lowest BCUT2D eigenvalue weighted by atomic mass is 10.1. The van der Waals surface area contributed by atoms with Gasteiger partial charge in [0.1, 0.15) is 17.2 Å². The van der Waals surface area contributed by atoms with E-state index in [2.05, 4.69) is 5.16 Å². The van der Waals surface area contributed by atoms with Gasteiger partial charge in [0.25, 0.3) is 10.1 Å². The minimum Gasteiger partial charge on any atom is -0.507 e. The lowest BCUT2D eigenvalue weighted by molar-refractivity contribution is 0.318. The quantitative estimate of drug-likeness (QED) is 0.303. The Morgan fingerprint density at radius 3 is 2.40 bits per heavy atom. The predicted octanol–water partition coefficient (Wildman–Crippen LogP) is 0.458. The third-order valence-corrected chi connectivity index (χ3v) is 2.29. The summed E-state index contributed by atoms with van der Waals surface area (Å²) in [5.41, 5.74) is -0.270. The molecular weight excluding hydrogens is 222 g/mol. The number of nitrogens with zero attached hydrogens (tertiary/aromatic N) is 1. The Kier molecular flexibility index (Phi) is 3.28. The van der Waals surface area contributed by atoms with Gasteiger partial charge in [-0.2, -0.15) is 8.42 Å². The van der Waals surface area contributed by atoms with Gasteiger partial charge in [-0.3, -0.25) is 4.55 Å². The summed E-state index contributed by atoms with van der Waals surface area (Å²) >= 11 is 0. The molecule has 0 aliphatic rings. The van der Waals surface area contributed by atoms with E-state index in [1.54, 1.807) is 0 Å².